The standard InChI is InChI=1S/C18H30N2/c1-4-5-13-20(17-11-12-17)18(14-19-15(2)3)16-9-7-6-8-10-16/h6-10,15,17-19H,4-5,11-14H2,1-3H3. The van der Waals surface area contributed by atoms with Crippen molar-refractivity contribution in [1.29, 1.82) is 0 Å². The number of hydrogen-bond donors (Lipinski definition) is 1. The summed E-state index contributed by atoms with van der Waals surface area (Å²) in [6, 6.07) is 12.9. The lowest BCUT2D eigenvalue weighted by atomic mass is 10.0. The molecule has 1 aliphatic rings. The molecule has 0 aliphatic heterocycles. The van der Waals surface area contributed by atoms with Gasteiger partial charge >= 0.3 is 0 Å². The van der Waals surface area contributed by atoms with Crippen LogP contribution in [0.1, 0.15) is 58.1 Å². The van der Waals surface area contributed by atoms with E-state index in [0.29, 0.717) is 12.1 Å². The summed E-state index contributed by atoms with van der Waals surface area (Å²) in [5, 5.41) is 3.64. The smallest absolute Gasteiger partial charge is 0.0475 e. The van der Waals surface area contributed by atoms with Crippen LogP contribution in [-0.2, 0) is 0 Å². The molecule has 1 atom stereocenters. The third-order valence-electron chi connectivity index (χ3n) is 4.09. The van der Waals surface area contributed by atoms with Crippen molar-refractivity contribution < 1.29 is 0 Å². The summed E-state index contributed by atoms with van der Waals surface area (Å²) in [5.74, 6) is 0. The molecule has 1 aromatic rings. The molecule has 0 aromatic heterocycles. The molecule has 0 spiro atoms. The minimum atomic E-state index is 0.526. The van der Waals surface area contributed by atoms with E-state index in [4.69, 9.17) is 0 Å². The van der Waals surface area contributed by atoms with Gasteiger partial charge in [0.15, 0.2) is 0 Å². The molecule has 1 aromatic carbocycles. The Labute approximate surface area is 124 Å². The minimum Gasteiger partial charge on any atom is -0.313 e. The van der Waals surface area contributed by atoms with Crippen LogP contribution in [0, 0.1) is 0 Å². The van der Waals surface area contributed by atoms with Crippen molar-refractivity contribution >= 4 is 0 Å². The molecule has 0 heterocycles. The van der Waals surface area contributed by atoms with Crippen LogP contribution >= 0.6 is 0 Å². The predicted molar refractivity (Wildman–Crippen MR) is 87.0 cm³/mol. The van der Waals surface area contributed by atoms with Gasteiger partial charge in [-0.1, -0.05) is 57.5 Å². The summed E-state index contributed by atoms with van der Waals surface area (Å²) in [5.41, 5.74) is 1.46. The van der Waals surface area contributed by atoms with E-state index >= 15 is 0 Å². The first kappa shape index (κ1) is 15.5. The van der Waals surface area contributed by atoms with Gasteiger partial charge in [0.25, 0.3) is 0 Å². The van der Waals surface area contributed by atoms with Crippen molar-refractivity contribution in [2.45, 2.75) is 64.6 Å². The van der Waals surface area contributed by atoms with E-state index in [1.54, 1.807) is 0 Å². The minimum absolute atomic E-state index is 0.526. The van der Waals surface area contributed by atoms with E-state index < -0.39 is 0 Å². The van der Waals surface area contributed by atoms with Crippen molar-refractivity contribution in [3.05, 3.63) is 35.9 Å². The second-order valence-corrected chi connectivity index (χ2v) is 6.31. The maximum atomic E-state index is 3.64. The Morgan fingerprint density at radius 2 is 1.90 bits per heavy atom. The summed E-state index contributed by atoms with van der Waals surface area (Å²) in [7, 11) is 0. The van der Waals surface area contributed by atoms with Crippen LogP contribution in [0.5, 0.6) is 0 Å². The number of hydrogen-bond acceptors (Lipinski definition) is 2. The lowest BCUT2D eigenvalue weighted by molar-refractivity contribution is 0.177. The van der Waals surface area contributed by atoms with Gasteiger partial charge in [0.1, 0.15) is 0 Å². The largest absolute Gasteiger partial charge is 0.313 e. The first-order chi connectivity index (χ1) is 9.72. The highest BCUT2D eigenvalue weighted by molar-refractivity contribution is 5.20. The molecular formula is C18H30N2. The molecule has 1 fully saturated rings. The highest BCUT2D eigenvalue weighted by atomic mass is 15.2. The third-order valence-corrected chi connectivity index (χ3v) is 4.09. The molecule has 0 radical (unpaired) electrons. The van der Waals surface area contributed by atoms with Crippen LogP contribution in [0.4, 0.5) is 0 Å². The molecule has 112 valence electrons. The fourth-order valence-electron chi connectivity index (χ4n) is 2.79. The van der Waals surface area contributed by atoms with Crippen LogP contribution < -0.4 is 5.32 Å². The topological polar surface area (TPSA) is 15.3 Å². The number of benzene rings is 1. The molecule has 1 unspecified atom stereocenters. The normalized spacial score (nSPS) is 16.9. The van der Waals surface area contributed by atoms with E-state index in [0.717, 1.165) is 12.6 Å². The average molecular weight is 274 g/mol. The lowest BCUT2D eigenvalue weighted by Gasteiger charge is -2.33. The summed E-state index contributed by atoms with van der Waals surface area (Å²) < 4.78 is 0. The zero-order valence-corrected chi connectivity index (χ0v) is 13.3. The van der Waals surface area contributed by atoms with Gasteiger partial charge in [-0.25, -0.2) is 0 Å². The zero-order valence-electron chi connectivity index (χ0n) is 13.3. The number of nitrogens with one attached hydrogen (secondary N) is 1. The summed E-state index contributed by atoms with van der Waals surface area (Å²) in [6.07, 6.45) is 5.35. The molecule has 1 N–H and O–H groups in total. The highest BCUT2D eigenvalue weighted by Gasteiger charge is 2.33. The Bertz CT molecular complexity index is 370. The predicted octanol–water partition coefficient (Wildman–Crippen LogP) is 3.99. The Morgan fingerprint density at radius 1 is 1.20 bits per heavy atom. The molecule has 0 bridgehead atoms. The van der Waals surface area contributed by atoms with E-state index in [1.807, 2.05) is 0 Å². The van der Waals surface area contributed by atoms with Gasteiger partial charge in [0.2, 0.25) is 0 Å². The quantitative estimate of drug-likeness (QED) is 0.732. The monoisotopic (exact) mass is 274 g/mol. The second kappa shape index (κ2) is 7.80. The van der Waals surface area contributed by atoms with Crippen LogP contribution in [0.3, 0.4) is 0 Å². The van der Waals surface area contributed by atoms with Gasteiger partial charge in [-0.05, 0) is 31.4 Å². The molecule has 0 saturated heterocycles. The number of nitrogens with zero attached hydrogens (tertiary/aromatic N) is 1. The van der Waals surface area contributed by atoms with Gasteiger partial charge in [-0.3, -0.25) is 4.90 Å². The van der Waals surface area contributed by atoms with Crippen LogP contribution in [-0.4, -0.2) is 30.1 Å². The molecule has 20 heavy (non-hydrogen) atoms. The number of rotatable bonds is 9. The Hall–Kier alpha value is -0.860. The van der Waals surface area contributed by atoms with Crippen LogP contribution in [0.15, 0.2) is 30.3 Å². The molecule has 2 heteroatoms. The average Bonchev–Trinajstić information content (AvgIpc) is 3.27. The fraction of sp³-hybridized carbons (Fsp3) is 0.667. The molecule has 0 amide bonds. The van der Waals surface area contributed by atoms with E-state index in [2.05, 4.69) is 61.3 Å². The van der Waals surface area contributed by atoms with Crippen molar-refractivity contribution in [2.24, 2.45) is 0 Å². The first-order valence-corrected chi connectivity index (χ1v) is 8.26. The maximum Gasteiger partial charge on any atom is 0.0475 e. The summed E-state index contributed by atoms with van der Waals surface area (Å²) >= 11 is 0. The zero-order chi connectivity index (χ0) is 14.4. The van der Waals surface area contributed by atoms with Gasteiger partial charge in [0, 0.05) is 24.7 Å². The Morgan fingerprint density at radius 3 is 2.45 bits per heavy atom. The van der Waals surface area contributed by atoms with Gasteiger partial charge in [-0.15, -0.1) is 0 Å². The SMILES string of the molecule is CCCCN(C1CC1)C(CNC(C)C)c1ccccc1. The van der Waals surface area contributed by atoms with Crippen molar-refractivity contribution in [3.8, 4) is 0 Å². The molecular weight excluding hydrogens is 244 g/mol. The second-order valence-electron chi connectivity index (χ2n) is 6.31. The molecule has 1 saturated carbocycles. The van der Waals surface area contributed by atoms with E-state index in [9.17, 15) is 0 Å². The van der Waals surface area contributed by atoms with Crippen LogP contribution in [0.2, 0.25) is 0 Å². The molecule has 2 nitrogen and oxygen atoms in total. The van der Waals surface area contributed by atoms with Gasteiger partial charge in [-0.2, -0.15) is 0 Å². The third kappa shape index (κ3) is 4.60. The molecule has 1 aliphatic carbocycles. The fourth-order valence-corrected chi connectivity index (χ4v) is 2.79. The maximum absolute atomic E-state index is 3.64. The summed E-state index contributed by atoms with van der Waals surface area (Å²) in [4.78, 5) is 2.74. The Kier molecular flexibility index (Phi) is 6.06. The van der Waals surface area contributed by atoms with E-state index in [-0.39, 0.29) is 0 Å². The van der Waals surface area contributed by atoms with Crippen LogP contribution in [0.25, 0.3) is 0 Å². The Balaban J connectivity index is 2.10. The molecule has 2 rings (SSSR count). The van der Waals surface area contributed by atoms with E-state index in [1.165, 1.54) is 37.8 Å². The number of unbranched alkanes of at least 4 members (excludes halogenated alkanes) is 1. The van der Waals surface area contributed by atoms with Gasteiger partial charge in [0.05, 0.1) is 0 Å². The lowest BCUT2D eigenvalue weighted by Crippen LogP contribution is -2.39. The van der Waals surface area contributed by atoms with Crippen molar-refractivity contribution in [3.63, 3.8) is 0 Å². The summed E-state index contributed by atoms with van der Waals surface area (Å²) in [6.45, 7) is 9.04. The highest BCUT2D eigenvalue weighted by Crippen LogP contribution is 2.34. The van der Waals surface area contributed by atoms with Crippen molar-refractivity contribution in [2.75, 3.05) is 13.1 Å². The first-order valence-electron chi connectivity index (χ1n) is 8.26. The van der Waals surface area contributed by atoms with Crippen molar-refractivity contribution in [1.82, 2.24) is 10.2 Å². The van der Waals surface area contributed by atoms with Gasteiger partial charge < -0.3 is 5.32 Å².